The van der Waals surface area contributed by atoms with Crippen LogP contribution >= 0.6 is 11.6 Å². The molecule has 0 radical (unpaired) electrons. The SMILES string of the molecule is Nc1cc(-c2ccc3ccccc3c2)nc(C(=O)O)c1Cl. The third kappa shape index (κ3) is 2.41. The first kappa shape index (κ1) is 13.4. The van der Waals surface area contributed by atoms with Gasteiger partial charge in [0.25, 0.3) is 0 Å². The number of aromatic nitrogens is 1. The van der Waals surface area contributed by atoms with Crippen LogP contribution in [0.5, 0.6) is 0 Å². The molecule has 3 N–H and O–H groups in total. The number of anilines is 1. The van der Waals surface area contributed by atoms with Gasteiger partial charge in [-0.3, -0.25) is 0 Å². The summed E-state index contributed by atoms with van der Waals surface area (Å²) in [5.41, 5.74) is 7.02. The molecule has 0 aliphatic carbocycles. The summed E-state index contributed by atoms with van der Waals surface area (Å²) in [6, 6.07) is 15.2. The Morgan fingerprint density at radius 2 is 1.81 bits per heavy atom. The van der Waals surface area contributed by atoms with Crippen LogP contribution in [0.4, 0.5) is 5.69 Å². The van der Waals surface area contributed by atoms with Gasteiger partial charge >= 0.3 is 5.97 Å². The molecule has 21 heavy (non-hydrogen) atoms. The molecule has 0 unspecified atom stereocenters. The van der Waals surface area contributed by atoms with Crippen LogP contribution in [0.2, 0.25) is 5.02 Å². The summed E-state index contributed by atoms with van der Waals surface area (Å²) in [5.74, 6) is -1.20. The average Bonchev–Trinajstić information content (AvgIpc) is 2.49. The molecule has 0 amide bonds. The van der Waals surface area contributed by atoms with E-state index in [0.717, 1.165) is 16.3 Å². The van der Waals surface area contributed by atoms with Crippen molar-refractivity contribution >= 4 is 34.0 Å². The van der Waals surface area contributed by atoms with E-state index in [0.29, 0.717) is 5.69 Å². The van der Waals surface area contributed by atoms with Gasteiger partial charge in [-0.05, 0) is 22.9 Å². The van der Waals surface area contributed by atoms with Crippen LogP contribution in [0.3, 0.4) is 0 Å². The van der Waals surface area contributed by atoms with Crippen molar-refractivity contribution in [2.75, 3.05) is 5.73 Å². The number of carboxylic acid groups (broad SMARTS) is 1. The van der Waals surface area contributed by atoms with E-state index in [-0.39, 0.29) is 16.4 Å². The summed E-state index contributed by atoms with van der Waals surface area (Å²) < 4.78 is 0. The number of carbonyl (C=O) groups is 1. The maximum atomic E-state index is 11.2. The molecule has 0 saturated heterocycles. The Balaban J connectivity index is 2.20. The first-order chi connectivity index (χ1) is 10.1. The first-order valence-electron chi connectivity index (χ1n) is 6.25. The monoisotopic (exact) mass is 298 g/mol. The van der Waals surface area contributed by atoms with E-state index in [9.17, 15) is 4.79 Å². The molecule has 3 aromatic rings. The van der Waals surface area contributed by atoms with Gasteiger partial charge in [0.1, 0.15) is 0 Å². The Kier molecular flexibility index (Phi) is 3.23. The summed E-state index contributed by atoms with van der Waals surface area (Å²) in [5, 5.41) is 11.2. The van der Waals surface area contributed by atoms with E-state index in [1.54, 1.807) is 6.07 Å². The lowest BCUT2D eigenvalue weighted by molar-refractivity contribution is 0.0691. The topological polar surface area (TPSA) is 76.2 Å². The second-order valence-electron chi connectivity index (χ2n) is 4.63. The van der Waals surface area contributed by atoms with E-state index < -0.39 is 5.97 Å². The molecular formula is C16H11ClN2O2. The summed E-state index contributed by atoms with van der Waals surface area (Å²) >= 11 is 5.87. The Bertz CT molecular complexity index is 862. The van der Waals surface area contributed by atoms with Crippen molar-refractivity contribution in [2.24, 2.45) is 0 Å². The summed E-state index contributed by atoms with van der Waals surface area (Å²) in [7, 11) is 0. The molecule has 0 fully saturated rings. The van der Waals surface area contributed by atoms with E-state index in [1.165, 1.54) is 0 Å². The molecule has 0 saturated carbocycles. The zero-order valence-corrected chi connectivity index (χ0v) is 11.6. The second-order valence-corrected chi connectivity index (χ2v) is 5.00. The number of fused-ring (bicyclic) bond motifs is 1. The molecule has 0 aliphatic heterocycles. The van der Waals surface area contributed by atoms with Crippen molar-refractivity contribution in [3.8, 4) is 11.3 Å². The number of nitrogen functional groups attached to an aromatic ring is 1. The van der Waals surface area contributed by atoms with E-state index in [1.807, 2.05) is 42.5 Å². The number of pyridine rings is 1. The number of carboxylic acids is 1. The van der Waals surface area contributed by atoms with Crippen LogP contribution in [0.25, 0.3) is 22.0 Å². The number of nitrogens with two attached hydrogens (primary N) is 1. The third-order valence-corrected chi connectivity index (χ3v) is 3.63. The van der Waals surface area contributed by atoms with Gasteiger partial charge in [0.15, 0.2) is 5.69 Å². The van der Waals surface area contributed by atoms with Gasteiger partial charge in [0.2, 0.25) is 0 Å². The normalized spacial score (nSPS) is 10.7. The van der Waals surface area contributed by atoms with Crippen molar-refractivity contribution in [1.82, 2.24) is 4.98 Å². The lowest BCUT2D eigenvalue weighted by Crippen LogP contribution is -2.05. The molecule has 3 rings (SSSR count). The lowest BCUT2D eigenvalue weighted by Gasteiger charge is -2.08. The van der Waals surface area contributed by atoms with Crippen LogP contribution in [-0.4, -0.2) is 16.1 Å². The highest BCUT2D eigenvalue weighted by Crippen LogP contribution is 2.29. The Morgan fingerprint density at radius 1 is 1.10 bits per heavy atom. The number of benzene rings is 2. The Labute approximate surface area is 125 Å². The van der Waals surface area contributed by atoms with Gasteiger partial charge < -0.3 is 10.8 Å². The summed E-state index contributed by atoms with van der Waals surface area (Å²) in [6.07, 6.45) is 0. The molecule has 1 aromatic heterocycles. The molecule has 0 spiro atoms. The molecule has 0 bridgehead atoms. The maximum absolute atomic E-state index is 11.2. The van der Waals surface area contributed by atoms with Crippen LogP contribution in [0, 0.1) is 0 Å². The van der Waals surface area contributed by atoms with Crippen LogP contribution in [0.15, 0.2) is 48.5 Å². The Morgan fingerprint density at radius 3 is 2.52 bits per heavy atom. The van der Waals surface area contributed by atoms with Gasteiger partial charge in [0.05, 0.1) is 16.4 Å². The molecule has 4 nitrogen and oxygen atoms in total. The van der Waals surface area contributed by atoms with E-state index in [2.05, 4.69) is 4.98 Å². The fourth-order valence-electron chi connectivity index (χ4n) is 2.19. The minimum Gasteiger partial charge on any atom is -0.476 e. The highest BCUT2D eigenvalue weighted by Gasteiger charge is 2.16. The van der Waals surface area contributed by atoms with E-state index >= 15 is 0 Å². The zero-order valence-electron chi connectivity index (χ0n) is 10.9. The number of halogens is 1. The molecule has 0 aliphatic rings. The summed E-state index contributed by atoms with van der Waals surface area (Å²) in [4.78, 5) is 15.3. The Hall–Kier alpha value is -2.59. The van der Waals surface area contributed by atoms with Gasteiger partial charge in [-0.15, -0.1) is 0 Å². The second kappa shape index (κ2) is 5.07. The van der Waals surface area contributed by atoms with Crippen LogP contribution in [0.1, 0.15) is 10.5 Å². The van der Waals surface area contributed by atoms with Gasteiger partial charge in [-0.2, -0.15) is 0 Å². The minimum atomic E-state index is -1.20. The first-order valence-corrected chi connectivity index (χ1v) is 6.62. The molecule has 5 heteroatoms. The number of hydrogen-bond acceptors (Lipinski definition) is 3. The van der Waals surface area contributed by atoms with Crippen molar-refractivity contribution in [3.63, 3.8) is 0 Å². The van der Waals surface area contributed by atoms with Crippen molar-refractivity contribution in [3.05, 3.63) is 59.2 Å². The highest BCUT2D eigenvalue weighted by molar-refractivity contribution is 6.35. The van der Waals surface area contributed by atoms with Crippen molar-refractivity contribution < 1.29 is 9.90 Å². The highest BCUT2D eigenvalue weighted by atomic mass is 35.5. The van der Waals surface area contributed by atoms with Crippen molar-refractivity contribution in [2.45, 2.75) is 0 Å². The zero-order chi connectivity index (χ0) is 15.0. The van der Waals surface area contributed by atoms with Crippen LogP contribution in [-0.2, 0) is 0 Å². The predicted octanol–water partition coefficient (Wildman–Crippen LogP) is 3.84. The van der Waals surface area contributed by atoms with Gasteiger partial charge in [-0.25, -0.2) is 9.78 Å². The fourth-order valence-corrected chi connectivity index (χ4v) is 2.37. The van der Waals surface area contributed by atoms with Crippen molar-refractivity contribution in [1.29, 1.82) is 0 Å². The molecule has 1 heterocycles. The quantitative estimate of drug-likeness (QED) is 0.753. The van der Waals surface area contributed by atoms with E-state index in [4.69, 9.17) is 22.4 Å². The number of rotatable bonds is 2. The van der Waals surface area contributed by atoms with Crippen LogP contribution < -0.4 is 5.73 Å². The fraction of sp³-hybridized carbons (Fsp3) is 0. The van der Waals surface area contributed by atoms with Gasteiger partial charge in [0, 0.05) is 5.56 Å². The lowest BCUT2D eigenvalue weighted by atomic mass is 10.0. The molecule has 0 atom stereocenters. The maximum Gasteiger partial charge on any atom is 0.356 e. The number of aromatic carboxylic acids is 1. The standard InChI is InChI=1S/C16H11ClN2O2/c17-14-12(18)8-13(19-15(14)16(20)21)11-6-5-9-3-1-2-4-10(9)7-11/h1-8H,(H2,18,19)(H,20,21). The smallest absolute Gasteiger partial charge is 0.356 e. The largest absolute Gasteiger partial charge is 0.476 e. The number of nitrogens with zero attached hydrogens (tertiary/aromatic N) is 1. The number of hydrogen-bond donors (Lipinski definition) is 2. The minimum absolute atomic E-state index is 0.0351. The third-order valence-electron chi connectivity index (χ3n) is 3.23. The molecular weight excluding hydrogens is 288 g/mol. The molecule has 104 valence electrons. The average molecular weight is 299 g/mol. The van der Waals surface area contributed by atoms with Gasteiger partial charge in [-0.1, -0.05) is 48.0 Å². The predicted molar refractivity (Wildman–Crippen MR) is 83.6 cm³/mol. The molecule has 2 aromatic carbocycles. The summed E-state index contributed by atoms with van der Waals surface area (Å²) in [6.45, 7) is 0.